The van der Waals surface area contributed by atoms with Crippen LogP contribution in [0.5, 0.6) is 5.75 Å². The Morgan fingerprint density at radius 2 is 2.24 bits per heavy atom. The number of aliphatic imine (C=N–C) groups is 1. The molecule has 0 unspecified atom stereocenters. The van der Waals surface area contributed by atoms with E-state index in [9.17, 15) is 0 Å². The second-order valence-electron chi connectivity index (χ2n) is 3.68. The average molecular weight is 229 g/mol. The van der Waals surface area contributed by atoms with Gasteiger partial charge in [0.15, 0.2) is 0 Å². The molecule has 1 aromatic heterocycles. The van der Waals surface area contributed by atoms with Gasteiger partial charge < -0.3 is 9.30 Å². The van der Waals surface area contributed by atoms with Crippen LogP contribution in [0.3, 0.4) is 0 Å². The highest BCUT2D eigenvalue weighted by molar-refractivity contribution is 5.74. The zero-order valence-corrected chi connectivity index (χ0v) is 10.00. The van der Waals surface area contributed by atoms with Crippen molar-refractivity contribution in [2.75, 3.05) is 7.11 Å². The fourth-order valence-corrected chi connectivity index (χ4v) is 1.56. The minimum Gasteiger partial charge on any atom is -0.496 e. The summed E-state index contributed by atoms with van der Waals surface area (Å²) in [6.45, 7) is 0.594. The molecule has 0 fully saturated rings. The number of aromatic nitrogens is 2. The lowest BCUT2D eigenvalue weighted by Crippen LogP contribution is -1.96. The Balaban J connectivity index is 2.07. The van der Waals surface area contributed by atoms with Crippen LogP contribution in [-0.2, 0) is 13.6 Å². The van der Waals surface area contributed by atoms with Crippen LogP contribution in [0.15, 0.2) is 41.7 Å². The van der Waals surface area contributed by atoms with Crippen LogP contribution >= 0.6 is 0 Å². The van der Waals surface area contributed by atoms with Crippen molar-refractivity contribution in [1.29, 1.82) is 0 Å². The number of hydrogen-bond donors (Lipinski definition) is 0. The summed E-state index contributed by atoms with van der Waals surface area (Å²) >= 11 is 0. The predicted octanol–water partition coefficient (Wildman–Crippen LogP) is 2.05. The van der Waals surface area contributed by atoms with Gasteiger partial charge in [0.25, 0.3) is 0 Å². The molecule has 0 radical (unpaired) electrons. The highest BCUT2D eigenvalue weighted by Crippen LogP contribution is 2.17. The van der Waals surface area contributed by atoms with Crippen molar-refractivity contribution in [1.82, 2.24) is 9.55 Å². The van der Waals surface area contributed by atoms with Crippen molar-refractivity contribution in [2.45, 2.75) is 6.54 Å². The summed E-state index contributed by atoms with van der Waals surface area (Å²) in [5.74, 6) is 1.71. The first-order valence-corrected chi connectivity index (χ1v) is 5.40. The Morgan fingerprint density at radius 3 is 2.94 bits per heavy atom. The van der Waals surface area contributed by atoms with Gasteiger partial charge in [0, 0.05) is 25.0 Å². The molecule has 1 heterocycles. The van der Waals surface area contributed by atoms with Gasteiger partial charge in [0.1, 0.15) is 11.6 Å². The van der Waals surface area contributed by atoms with Crippen LogP contribution in [0.25, 0.3) is 0 Å². The largest absolute Gasteiger partial charge is 0.496 e. The fraction of sp³-hybridized carbons (Fsp3) is 0.231. The molecule has 0 amide bonds. The van der Waals surface area contributed by atoms with Gasteiger partial charge in [-0.1, -0.05) is 18.2 Å². The van der Waals surface area contributed by atoms with E-state index in [0.717, 1.165) is 17.1 Å². The monoisotopic (exact) mass is 229 g/mol. The van der Waals surface area contributed by atoms with E-state index < -0.39 is 0 Å². The molecule has 0 aliphatic rings. The third-order valence-electron chi connectivity index (χ3n) is 2.52. The second kappa shape index (κ2) is 5.30. The molecule has 0 atom stereocenters. The summed E-state index contributed by atoms with van der Waals surface area (Å²) < 4.78 is 7.18. The van der Waals surface area contributed by atoms with Crippen molar-refractivity contribution < 1.29 is 4.74 Å². The summed E-state index contributed by atoms with van der Waals surface area (Å²) in [5.41, 5.74) is 1.07. The molecule has 4 nitrogen and oxygen atoms in total. The van der Waals surface area contributed by atoms with E-state index in [1.54, 1.807) is 19.5 Å². The van der Waals surface area contributed by atoms with Crippen LogP contribution in [0.2, 0.25) is 0 Å². The number of nitrogens with zero attached hydrogens (tertiary/aromatic N) is 3. The molecule has 0 N–H and O–H groups in total. The number of imidazole rings is 1. The molecule has 0 saturated heterocycles. The average Bonchev–Trinajstić information content (AvgIpc) is 2.76. The molecule has 4 heteroatoms. The Bertz CT molecular complexity index is 517. The van der Waals surface area contributed by atoms with E-state index in [2.05, 4.69) is 9.98 Å². The van der Waals surface area contributed by atoms with Crippen molar-refractivity contribution in [3.8, 4) is 5.75 Å². The van der Waals surface area contributed by atoms with Gasteiger partial charge >= 0.3 is 0 Å². The standard InChI is InChI=1S/C13H15N3O/c1-16-8-7-15-13(16)10-14-9-11-5-3-4-6-12(11)17-2/h3-8,10H,9H2,1-2H3. The molecule has 88 valence electrons. The first-order chi connectivity index (χ1) is 8.31. The molecule has 0 spiro atoms. The number of rotatable bonds is 4. The van der Waals surface area contributed by atoms with Gasteiger partial charge in [-0.05, 0) is 6.07 Å². The highest BCUT2D eigenvalue weighted by Gasteiger charge is 1.99. The van der Waals surface area contributed by atoms with E-state index in [1.807, 2.05) is 42.1 Å². The summed E-state index contributed by atoms with van der Waals surface area (Å²) in [6, 6.07) is 7.87. The van der Waals surface area contributed by atoms with Crippen LogP contribution in [0, 0.1) is 0 Å². The van der Waals surface area contributed by atoms with Gasteiger partial charge in [-0.25, -0.2) is 4.98 Å². The van der Waals surface area contributed by atoms with E-state index in [-0.39, 0.29) is 0 Å². The van der Waals surface area contributed by atoms with Crippen molar-refractivity contribution in [2.24, 2.45) is 12.0 Å². The first kappa shape index (κ1) is 11.4. The fourth-order valence-electron chi connectivity index (χ4n) is 1.56. The number of para-hydroxylation sites is 1. The maximum absolute atomic E-state index is 5.26. The van der Waals surface area contributed by atoms with Crippen molar-refractivity contribution >= 4 is 6.21 Å². The predicted molar refractivity (Wildman–Crippen MR) is 67.5 cm³/mol. The second-order valence-corrected chi connectivity index (χ2v) is 3.68. The molecular formula is C13H15N3O. The normalized spacial score (nSPS) is 10.9. The quantitative estimate of drug-likeness (QED) is 0.753. The van der Waals surface area contributed by atoms with Gasteiger partial charge in [0.2, 0.25) is 0 Å². The third kappa shape index (κ3) is 2.72. The van der Waals surface area contributed by atoms with Gasteiger partial charge in [0.05, 0.1) is 19.9 Å². The first-order valence-electron chi connectivity index (χ1n) is 5.40. The molecule has 17 heavy (non-hydrogen) atoms. The lowest BCUT2D eigenvalue weighted by Gasteiger charge is -2.04. The Hall–Kier alpha value is -2.10. The highest BCUT2D eigenvalue weighted by atomic mass is 16.5. The maximum Gasteiger partial charge on any atom is 0.150 e. The van der Waals surface area contributed by atoms with Gasteiger partial charge in [-0.3, -0.25) is 4.99 Å². The van der Waals surface area contributed by atoms with E-state index in [4.69, 9.17) is 4.74 Å². The van der Waals surface area contributed by atoms with Crippen molar-refractivity contribution in [3.63, 3.8) is 0 Å². The minimum atomic E-state index is 0.594. The molecule has 0 bridgehead atoms. The Kier molecular flexibility index (Phi) is 3.55. The SMILES string of the molecule is COc1ccccc1CN=Cc1nccn1C. The summed E-state index contributed by atoms with van der Waals surface area (Å²) in [7, 11) is 3.61. The molecule has 2 aromatic rings. The third-order valence-corrected chi connectivity index (χ3v) is 2.52. The smallest absolute Gasteiger partial charge is 0.150 e. The number of aryl methyl sites for hydroxylation is 1. The van der Waals surface area contributed by atoms with Crippen molar-refractivity contribution in [3.05, 3.63) is 48.0 Å². The van der Waals surface area contributed by atoms with Gasteiger partial charge in [-0.2, -0.15) is 0 Å². The van der Waals surface area contributed by atoms with Gasteiger partial charge in [-0.15, -0.1) is 0 Å². The Morgan fingerprint density at radius 1 is 1.41 bits per heavy atom. The van der Waals surface area contributed by atoms with E-state index in [0.29, 0.717) is 6.54 Å². The van der Waals surface area contributed by atoms with Crippen LogP contribution in [0.1, 0.15) is 11.4 Å². The van der Waals surface area contributed by atoms with E-state index in [1.165, 1.54) is 0 Å². The zero-order chi connectivity index (χ0) is 12.1. The van der Waals surface area contributed by atoms with Crippen LogP contribution < -0.4 is 4.74 Å². The molecule has 0 aliphatic heterocycles. The molecule has 0 aliphatic carbocycles. The Labute approximate surface area is 101 Å². The lowest BCUT2D eigenvalue weighted by molar-refractivity contribution is 0.410. The number of methoxy groups -OCH3 is 1. The summed E-state index contributed by atoms with van der Waals surface area (Å²) in [4.78, 5) is 8.54. The minimum absolute atomic E-state index is 0.594. The number of ether oxygens (including phenoxy) is 1. The number of benzene rings is 1. The van der Waals surface area contributed by atoms with Crippen LogP contribution in [-0.4, -0.2) is 22.9 Å². The lowest BCUT2D eigenvalue weighted by atomic mass is 10.2. The van der Waals surface area contributed by atoms with Crippen LogP contribution in [0.4, 0.5) is 0 Å². The number of hydrogen-bond acceptors (Lipinski definition) is 3. The maximum atomic E-state index is 5.26. The molecule has 2 rings (SSSR count). The summed E-state index contributed by atoms with van der Waals surface area (Å²) in [5, 5.41) is 0. The molecule has 0 saturated carbocycles. The zero-order valence-electron chi connectivity index (χ0n) is 10.00. The topological polar surface area (TPSA) is 39.4 Å². The molecule has 1 aromatic carbocycles. The summed E-state index contributed by atoms with van der Waals surface area (Å²) in [6.07, 6.45) is 5.42. The van der Waals surface area contributed by atoms with E-state index >= 15 is 0 Å². The molecular weight excluding hydrogens is 214 g/mol.